The van der Waals surface area contributed by atoms with E-state index in [0.29, 0.717) is 0 Å². The Morgan fingerprint density at radius 2 is 1.85 bits per heavy atom. The van der Waals surface area contributed by atoms with Crippen LogP contribution in [-0.2, 0) is 0 Å². The van der Waals surface area contributed by atoms with Crippen LogP contribution in [0.3, 0.4) is 0 Å². The van der Waals surface area contributed by atoms with Gasteiger partial charge in [0.05, 0.1) is 22.0 Å². The van der Waals surface area contributed by atoms with E-state index in [-0.39, 0.29) is 11.2 Å². The van der Waals surface area contributed by atoms with Crippen LogP contribution in [0.4, 0.5) is 11.4 Å². The monoisotopic (exact) mass is 185 g/mol. The molecule has 0 saturated carbocycles. The highest BCUT2D eigenvalue weighted by atomic mass is 16.6. The average molecular weight is 185 g/mol. The van der Waals surface area contributed by atoms with Crippen molar-refractivity contribution in [2.24, 2.45) is 0 Å². The third-order valence-corrected chi connectivity index (χ3v) is 1.18. The second-order valence-corrected chi connectivity index (χ2v) is 1.95. The summed E-state index contributed by atoms with van der Waals surface area (Å²) in [6, 6.07) is 5.42. The van der Waals surface area contributed by atoms with Crippen LogP contribution in [0, 0.1) is 26.3 Å². The Bertz CT molecular complexity index is 308. The maximum Gasteiger partial charge on any atom is 0.284 e. The van der Waals surface area contributed by atoms with Gasteiger partial charge in [-0.05, 0) is 6.07 Å². The maximum atomic E-state index is 10.1. The molecule has 0 spiro atoms. The molecule has 1 rings (SSSR count). The summed E-state index contributed by atoms with van der Waals surface area (Å²) in [6.07, 6.45) is 0. The molecule has 1 aromatic carbocycles. The summed E-state index contributed by atoms with van der Waals surface area (Å²) < 4.78 is 0. The van der Waals surface area contributed by atoms with Gasteiger partial charge in [-0.1, -0.05) is 0 Å². The summed E-state index contributed by atoms with van der Waals surface area (Å²) in [5, 5.41) is 20.3. The predicted molar refractivity (Wildman–Crippen MR) is 42.2 cm³/mol. The number of benzene rings is 1. The van der Waals surface area contributed by atoms with Crippen LogP contribution in [0.1, 0.15) is 0 Å². The lowest BCUT2D eigenvalue weighted by Crippen LogP contribution is -1.91. The summed E-state index contributed by atoms with van der Waals surface area (Å²) in [5.41, 5.74) is -0.704. The predicted octanol–water partition coefficient (Wildman–Crippen LogP) is 0.478. The average Bonchev–Trinajstić information content (AvgIpc) is 2.04. The first kappa shape index (κ1) is 11.0. The van der Waals surface area contributed by atoms with E-state index in [9.17, 15) is 20.2 Å². The second kappa shape index (κ2) is 4.12. The number of nitro groups is 2. The topological polar surface area (TPSA) is 118 Å². The van der Waals surface area contributed by atoms with Crippen LogP contribution < -0.4 is 0 Å². The van der Waals surface area contributed by atoms with Crippen LogP contribution in [0.15, 0.2) is 18.2 Å². The van der Waals surface area contributed by atoms with Gasteiger partial charge >= 0.3 is 0 Å². The van der Waals surface area contributed by atoms with E-state index in [1.165, 1.54) is 0 Å². The van der Waals surface area contributed by atoms with Crippen molar-refractivity contribution in [2.45, 2.75) is 0 Å². The summed E-state index contributed by atoms with van der Waals surface area (Å²) in [7, 11) is 0. The highest BCUT2D eigenvalue weighted by molar-refractivity contribution is 5.41. The smallest absolute Gasteiger partial charge is 0.284 e. The molecule has 2 N–H and O–H groups in total. The molecule has 69 valence electrons. The van der Waals surface area contributed by atoms with Crippen molar-refractivity contribution >= 4 is 11.4 Å². The molecule has 1 aromatic rings. The first-order valence-electron chi connectivity index (χ1n) is 2.92. The molecule has 0 aliphatic heterocycles. The molecule has 0 fully saturated rings. The van der Waals surface area contributed by atoms with Crippen molar-refractivity contribution in [2.75, 3.05) is 0 Å². The molecule has 0 aliphatic carbocycles. The van der Waals surface area contributed by atoms with E-state index in [4.69, 9.17) is 0 Å². The Hall–Kier alpha value is -2.02. The van der Waals surface area contributed by atoms with Gasteiger partial charge in [-0.25, -0.2) is 0 Å². The van der Waals surface area contributed by atoms with Gasteiger partial charge in [0.1, 0.15) is 0 Å². The Labute approximate surface area is 72.2 Å². The fourth-order valence-electron chi connectivity index (χ4n) is 0.661. The maximum absolute atomic E-state index is 10.1. The largest absolute Gasteiger partial charge is 0.412 e. The van der Waals surface area contributed by atoms with E-state index < -0.39 is 15.5 Å². The molecule has 0 amide bonds. The molecule has 0 aromatic heterocycles. The van der Waals surface area contributed by atoms with Gasteiger partial charge in [0.25, 0.3) is 11.4 Å². The fourth-order valence-corrected chi connectivity index (χ4v) is 0.661. The molecule has 0 heterocycles. The molecular weight excluding hydrogens is 180 g/mol. The fraction of sp³-hybridized carbons (Fsp3) is 0. The number of nitro benzene ring substituents is 2. The van der Waals surface area contributed by atoms with Crippen molar-refractivity contribution in [3.05, 3.63) is 44.5 Å². The molecule has 0 saturated heterocycles. The minimum absolute atomic E-state index is 0. The third kappa shape index (κ3) is 2.49. The van der Waals surface area contributed by atoms with Crippen molar-refractivity contribution in [1.82, 2.24) is 0 Å². The molecule has 0 unspecified atom stereocenters. The lowest BCUT2D eigenvalue weighted by atomic mass is 10.3. The molecule has 7 heteroatoms. The number of hydrogen-bond acceptors (Lipinski definition) is 4. The molecule has 0 aliphatic rings. The minimum atomic E-state index is -0.729. The summed E-state index contributed by atoms with van der Waals surface area (Å²) in [4.78, 5) is 18.8. The first-order chi connectivity index (χ1) is 5.61. The summed E-state index contributed by atoms with van der Waals surface area (Å²) in [6.45, 7) is 0. The van der Waals surface area contributed by atoms with Crippen molar-refractivity contribution in [3.63, 3.8) is 0 Å². The first-order valence-corrected chi connectivity index (χ1v) is 2.92. The van der Waals surface area contributed by atoms with Gasteiger partial charge in [-0.15, -0.1) is 0 Å². The Morgan fingerprint density at radius 1 is 1.23 bits per heavy atom. The zero-order valence-electron chi connectivity index (χ0n) is 6.26. The van der Waals surface area contributed by atoms with E-state index in [0.717, 1.165) is 18.2 Å². The zero-order chi connectivity index (χ0) is 9.14. The quantitative estimate of drug-likeness (QED) is 0.491. The van der Waals surface area contributed by atoms with Crippen LogP contribution >= 0.6 is 0 Å². The molecule has 7 nitrogen and oxygen atoms in total. The van der Waals surface area contributed by atoms with Crippen LogP contribution in [0.5, 0.6) is 0 Å². The van der Waals surface area contributed by atoms with E-state index >= 15 is 0 Å². The van der Waals surface area contributed by atoms with Crippen LogP contribution in [0.2, 0.25) is 0 Å². The van der Waals surface area contributed by atoms with Gasteiger partial charge in [0.2, 0.25) is 0 Å². The summed E-state index contributed by atoms with van der Waals surface area (Å²) >= 11 is 0. The standard InChI is InChI=1S/C6H3N2O4.H2O/c9-7(10)5-2-1-3-6(4-5)8(11)12;/h1-2,4H;1H2. The van der Waals surface area contributed by atoms with Crippen LogP contribution in [0.25, 0.3) is 0 Å². The molecular formula is C6H5N2O5. The molecule has 0 atom stereocenters. The highest BCUT2D eigenvalue weighted by Gasteiger charge is 2.12. The van der Waals surface area contributed by atoms with Gasteiger partial charge < -0.3 is 5.48 Å². The van der Waals surface area contributed by atoms with Gasteiger partial charge in [-0.3, -0.25) is 20.2 Å². The van der Waals surface area contributed by atoms with Crippen molar-refractivity contribution < 1.29 is 15.3 Å². The lowest BCUT2D eigenvalue weighted by Gasteiger charge is -1.89. The molecule has 13 heavy (non-hydrogen) atoms. The Balaban J connectivity index is 0.00000144. The SMILES string of the molecule is O.O=[N+]([O-])c1[c]ccc([N+](=O)[O-])c1. The third-order valence-electron chi connectivity index (χ3n) is 1.18. The second-order valence-electron chi connectivity index (χ2n) is 1.95. The Morgan fingerprint density at radius 3 is 2.31 bits per heavy atom. The normalized spacial score (nSPS) is 8.62. The lowest BCUT2D eigenvalue weighted by molar-refractivity contribution is -0.394. The number of rotatable bonds is 2. The minimum Gasteiger partial charge on any atom is -0.412 e. The van der Waals surface area contributed by atoms with E-state index in [1.807, 2.05) is 0 Å². The van der Waals surface area contributed by atoms with Crippen LogP contribution in [-0.4, -0.2) is 15.3 Å². The van der Waals surface area contributed by atoms with E-state index in [2.05, 4.69) is 6.07 Å². The van der Waals surface area contributed by atoms with Crippen molar-refractivity contribution in [3.8, 4) is 0 Å². The molecule has 0 bridgehead atoms. The highest BCUT2D eigenvalue weighted by Crippen LogP contribution is 2.17. The van der Waals surface area contributed by atoms with Gasteiger partial charge in [0, 0.05) is 6.07 Å². The van der Waals surface area contributed by atoms with E-state index in [1.54, 1.807) is 0 Å². The molecule has 1 radical (unpaired) electrons. The summed E-state index contributed by atoms with van der Waals surface area (Å²) in [5.74, 6) is 0. The van der Waals surface area contributed by atoms with Crippen molar-refractivity contribution in [1.29, 1.82) is 0 Å². The van der Waals surface area contributed by atoms with Gasteiger partial charge in [-0.2, -0.15) is 0 Å². The Kier molecular flexibility index (Phi) is 3.48. The van der Waals surface area contributed by atoms with Gasteiger partial charge in [0.15, 0.2) is 0 Å². The number of nitrogens with zero attached hydrogens (tertiary/aromatic N) is 2. The zero-order valence-corrected chi connectivity index (χ0v) is 6.26. The number of hydrogen-bond donors (Lipinski definition) is 0. The number of non-ortho nitro benzene ring substituents is 2.